The Hall–Kier alpha value is -4.90. The number of carbonyl (C=O) groups is 4. The average Bonchev–Trinajstić information content (AvgIpc) is 2.95. The summed E-state index contributed by atoms with van der Waals surface area (Å²) < 4.78 is 0. The van der Waals surface area contributed by atoms with Crippen molar-refractivity contribution in [3.05, 3.63) is 95.6 Å². The second-order valence-electron chi connectivity index (χ2n) is 9.73. The Morgan fingerprint density at radius 1 is 0.634 bits per heavy atom. The van der Waals surface area contributed by atoms with Crippen LogP contribution in [0.25, 0.3) is 0 Å². The van der Waals surface area contributed by atoms with Gasteiger partial charge in [-0.15, -0.1) is 0 Å². The number of phenolic OH excluding ortho intramolecular Hbond substituents is 2. The highest BCUT2D eigenvalue weighted by Crippen LogP contribution is 2.13. The van der Waals surface area contributed by atoms with Gasteiger partial charge >= 0.3 is 5.97 Å². The van der Waals surface area contributed by atoms with Gasteiger partial charge in [0.1, 0.15) is 29.6 Å². The molecule has 0 fully saturated rings. The molecule has 0 aliphatic rings. The second kappa shape index (κ2) is 14.5. The van der Waals surface area contributed by atoms with Crippen LogP contribution in [-0.2, 0) is 38.4 Å². The Kier molecular flexibility index (Phi) is 10.8. The van der Waals surface area contributed by atoms with E-state index in [1.807, 2.05) is 0 Å². The number of hydrogen-bond donors (Lipinski definition) is 7. The summed E-state index contributed by atoms with van der Waals surface area (Å²) in [5.74, 6) is -3.12. The number of phenols is 2. The quantitative estimate of drug-likeness (QED) is 0.160. The van der Waals surface area contributed by atoms with Gasteiger partial charge in [0.25, 0.3) is 0 Å². The van der Waals surface area contributed by atoms with E-state index in [0.717, 1.165) is 5.56 Å². The van der Waals surface area contributed by atoms with Crippen LogP contribution >= 0.6 is 0 Å². The summed E-state index contributed by atoms with van der Waals surface area (Å²) >= 11 is 0. The van der Waals surface area contributed by atoms with Gasteiger partial charge in [0, 0.05) is 12.8 Å². The molecule has 0 bridgehead atoms. The first-order chi connectivity index (χ1) is 19.5. The molecule has 4 unspecified atom stereocenters. The average molecular weight is 563 g/mol. The summed E-state index contributed by atoms with van der Waals surface area (Å²) in [7, 11) is 0. The van der Waals surface area contributed by atoms with Gasteiger partial charge in [-0.25, -0.2) is 4.79 Å². The first-order valence-electron chi connectivity index (χ1n) is 13.0. The van der Waals surface area contributed by atoms with E-state index in [2.05, 4.69) is 16.0 Å². The van der Waals surface area contributed by atoms with Crippen LogP contribution in [0.3, 0.4) is 0 Å². The monoisotopic (exact) mass is 562 g/mol. The highest BCUT2D eigenvalue weighted by atomic mass is 16.4. The molecule has 8 N–H and O–H groups in total. The third-order valence-electron chi connectivity index (χ3n) is 6.39. The third-order valence-corrected chi connectivity index (χ3v) is 6.39. The van der Waals surface area contributed by atoms with Crippen LogP contribution in [-0.4, -0.2) is 63.2 Å². The molecule has 0 saturated heterocycles. The van der Waals surface area contributed by atoms with Gasteiger partial charge in [-0.3, -0.25) is 14.4 Å². The lowest BCUT2D eigenvalue weighted by atomic mass is 10.0. The van der Waals surface area contributed by atoms with Gasteiger partial charge in [0.05, 0.1) is 6.04 Å². The Labute approximate surface area is 237 Å². The zero-order valence-electron chi connectivity index (χ0n) is 22.5. The number of aromatic hydroxyl groups is 2. The molecule has 0 aliphatic heterocycles. The van der Waals surface area contributed by atoms with Crippen molar-refractivity contribution < 1.29 is 34.5 Å². The number of carboxylic acid groups (broad SMARTS) is 1. The highest BCUT2D eigenvalue weighted by molar-refractivity contribution is 5.94. The van der Waals surface area contributed by atoms with Crippen LogP contribution in [0.1, 0.15) is 23.6 Å². The van der Waals surface area contributed by atoms with Gasteiger partial charge in [-0.2, -0.15) is 0 Å². The molecule has 3 aromatic rings. The summed E-state index contributed by atoms with van der Waals surface area (Å²) in [6, 6.07) is 16.6. The number of rotatable bonds is 13. The largest absolute Gasteiger partial charge is 0.508 e. The lowest BCUT2D eigenvalue weighted by molar-refractivity contribution is -0.142. The Morgan fingerprint density at radius 3 is 1.63 bits per heavy atom. The zero-order valence-corrected chi connectivity index (χ0v) is 22.5. The summed E-state index contributed by atoms with van der Waals surface area (Å²) in [6.07, 6.45) is 0.202. The number of carboxylic acids is 1. The summed E-state index contributed by atoms with van der Waals surface area (Å²) in [6.45, 7) is 1.44. The highest BCUT2D eigenvalue weighted by Gasteiger charge is 2.29. The minimum Gasteiger partial charge on any atom is -0.508 e. The van der Waals surface area contributed by atoms with Crippen LogP contribution in [0.15, 0.2) is 78.9 Å². The van der Waals surface area contributed by atoms with Crippen LogP contribution in [0, 0.1) is 0 Å². The maximum atomic E-state index is 13.3. The van der Waals surface area contributed by atoms with E-state index < -0.39 is 47.9 Å². The van der Waals surface area contributed by atoms with Crippen molar-refractivity contribution in [2.45, 2.75) is 50.4 Å². The lowest BCUT2D eigenvalue weighted by Gasteiger charge is -2.24. The number of benzene rings is 3. The van der Waals surface area contributed by atoms with E-state index >= 15 is 0 Å². The standard InChI is InChI=1S/C30H34N4O7/c1-18(32-28(38)24(31)15-20-7-11-22(35)12-8-20)27(37)33-25(16-21-9-13-23(36)14-10-21)29(39)34-26(30(40)41)17-19-5-3-2-4-6-19/h2-14,18,24-26,35-36H,15-17,31H2,1H3,(H,32,38)(H,33,37)(H,34,39)(H,40,41). The molecule has 216 valence electrons. The van der Waals surface area contributed by atoms with Gasteiger partial charge in [-0.1, -0.05) is 54.6 Å². The first-order valence-corrected chi connectivity index (χ1v) is 13.0. The SMILES string of the molecule is CC(NC(=O)C(N)Cc1ccc(O)cc1)C(=O)NC(Cc1ccc(O)cc1)C(=O)NC(Cc1ccccc1)C(=O)O. The molecule has 3 amide bonds. The van der Waals surface area contributed by atoms with Crippen molar-refractivity contribution in [3.63, 3.8) is 0 Å². The molecule has 0 spiro atoms. The molecule has 3 aromatic carbocycles. The molecule has 11 nitrogen and oxygen atoms in total. The zero-order chi connectivity index (χ0) is 29.9. The van der Waals surface area contributed by atoms with Gasteiger partial charge in [0.2, 0.25) is 17.7 Å². The first kappa shape index (κ1) is 30.6. The third kappa shape index (κ3) is 9.66. The number of hydrogen-bond acceptors (Lipinski definition) is 7. The molecular formula is C30H34N4O7. The topological polar surface area (TPSA) is 191 Å². The van der Waals surface area contributed by atoms with E-state index in [0.29, 0.717) is 11.1 Å². The molecular weight excluding hydrogens is 528 g/mol. The van der Waals surface area contributed by atoms with Crippen molar-refractivity contribution in [1.29, 1.82) is 0 Å². The molecule has 11 heteroatoms. The molecule has 41 heavy (non-hydrogen) atoms. The van der Waals surface area contributed by atoms with E-state index in [1.165, 1.54) is 31.2 Å². The number of nitrogens with two attached hydrogens (primary N) is 1. The van der Waals surface area contributed by atoms with Crippen LogP contribution in [0.4, 0.5) is 0 Å². The summed E-state index contributed by atoms with van der Waals surface area (Å²) in [5, 5.41) is 36.4. The predicted octanol–water partition coefficient (Wildman–Crippen LogP) is 1.01. The van der Waals surface area contributed by atoms with E-state index in [4.69, 9.17) is 5.73 Å². The van der Waals surface area contributed by atoms with E-state index in [1.54, 1.807) is 54.6 Å². The maximum absolute atomic E-state index is 13.3. The van der Waals surface area contributed by atoms with Crippen molar-refractivity contribution in [3.8, 4) is 11.5 Å². The molecule has 0 aromatic heterocycles. The molecule has 0 heterocycles. The Bertz CT molecular complexity index is 1330. The number of aliphatic carboxylic acids is 1. The van der Waals surface area contributed by atoms with Crippen molar-refractivity contribution in [2.75, 3.05) is 0 Å². The summed E-state index contributed by atoms with van der Waals surface area (Å²) in [4.78, 5) is 50.9. The molecule has 0 saturated carbocycles. The molecule has 4 atom stereocenters. The molecule has 0 aliphatic carbocycles. The molecule has 3 rings (SSSR count). The smallest absolute Gasteiger partial charge is 0.326 e. The maximum Gasteiger partial charge on any atom is 0.326 e. The fraction of sp³-hybridized carbons (Fsp3) is 0.267. The second-order valence-corrected chi connectivity index (χ2v) is 9.73. The lowest BCUT2D eigenvalue weighted by Crippen LogP contribution is -2.57. The Balaban J connectivity index is 1.68. The fourth-order valence-electron chi connectivity index (χ4n) is 4.06. The molecule has 0 radical (unpaired) electrons. The number of amides is 3. The summed E-state index contributed by atoms with van der Waals surface area (Å²) in [5.41, 5.74) is 8.03. The van der Waals surface area contributed by atoms with Crippen molar-refractivity contribution in [2.24, 2.45) is 5.73 Å². The van der Waals surface area contributed by atoms with Gasteiger partial charge in [0.15, 0.2) is 0 Å². The minimum atomic E-state index is -1.25. The van der Waals surface area contributed by atoms with Crippen molar-refractivity contribution >= 4 is 23.7 Å². The predicted molar refractivity (Wildman–Crippen MR) is 151 cm³/mol. The van der Waals surface area contributed by atoms with Crippen LogP contribution in [0.5, 0.6) is 11.5 Å². The number of carbonyl (C=O) groups excluding carboxylic acids is 3. The van der Waals surface area contributed by atoms with E-state index in [9.17, 15) is 34.5 Å². The number of nitrogens with one attached hydrogen (secondary N) is 3. The Morgan fingerprint density at radius 2 is 1.10 bits per heavy atom. The fourth-order valence-corrected chi connectivity index (χ4v) is 4.06. The van der Waals surface area contributed by atoms with Crippen molar-refractivity contribution in [1.82, 2.24) is 16.0 Å². The van der Waals surface area contributed by atoms with Crippen LogP contribution in [0.2, 0.25) is 0 Å². The van der Waals surface area contributed by atoms with E-state index in [-0.39, 0.29) is 30.8 Å². The van der Waals surface area contributed by atoms with Gasteiger partial charge in [-0.05, 0) is 54.3 Å². The van der Waals surface area contributed by atoms with Gasteiger partial charge < -0.3 is 37.0 Å². The minimum absolute atomic E-state index is 0.00341. The van der Waals surface area contributed by atoms with Crippen LogP contribution < -0.4 is 21.7 Å². The normalized spacial score (nSPS) is 13.7.